The highest BCUT2D eigenvalue weighted by Crippen LogP contribution is 2.30. The summed E-state index contributed by atoms with van der Waals surface area (Å²) in [6, 6.07) is 15.1. The Kier molecular flexibility index (Phi) is 6.32. The molecule has 0 bridgehead atoms. The highest BCUT2D eigenvalue weighted by Gasteiger charge is 2.21. The van der Waals surface area contributed by atoms with Gasteiger partial charge in [0, 0.05) is 36.9 Å². The van der Waals surface area contributed by atoms with Crippen LogP contribution < -0.4 is 4.72 Å². The third-order valence-corrected chi connectivity index (χ3v) is 6.34. The van der Waals surface area contributed by atoms with E-state index >= 15 is 0 Å². The zero-order valence-corrected chi connectivity index (χ0v) is 18.8. The van der Waals surface area contributed by atoms with Gasteiger partial charge in [0.05, 0.1) is 11.2 Å². The summed E-state index contributed by atoms with van der Waals surface area (Å²) in [5, 5.41) is 0. The van der Waals surface area contributed by atoms with Crippen molar-refractivity contribution in [3.05, 3.63) is 90.8 Å². The number of sulfonamides is 1. The summed E-state index contributed by atoms with van der Waals surface area (Å²) in [6.07, 6.45) is 9.28. The lowest BCUT2D eigenvalue weighted by Crippen LogP contribution is -2.16. The monoisotopic (exact) mass is 447 g/mol. The largest absolute Gasteiger partial charge is 0.333 e. The van der Waals surface area contributed by atoms with Crippen molar-refractivity contribution in [2.45, 2.75) is 31.7 Å². The molecule has 0 saturated carbocycles. The van der Waals surface area contributed by atoms with Crippen molar-refractivity contribution in [2.75, 3.05) is 4.72 Å². The molecule has 2 aromatic carbocycles. The Bertz CT molecular complexity index is 1270. The molecular weight excluding hydrogens is 422 g/mol. The van der Waals surface area contributed by atoms with Crippen LogP contribution >= 0.6 is 0 Å². The fourth-order valence-electron chi connectivity index (χ4n) is 3.54. The SMILES string of the molecule is CC(C)Cc1ccc(S(=O)(=O)Nc2ncccn2)c(-c2ccc(Cn3ccnc3)cc2)c1. The molecular formula is C24H25N5O2S. The lowest BCUT2D eigenvalue weighted by Gasteiger charge is -2.15. The van der Waals surface area contributed by atoms with Gasteiger partial charge < -0.3 is 4.57 Å². The first-order valence-corrected chi connectivity index (χ1v) is 11.9. The van der Waals surface area contributed by atoms with E-state index in [9.17, 15) is 8.42 Å². The van der Waals surface area contributed by atoms with E-state index in [4.69, 9.17) is 0 Å². The van der Waals surface area contributed by atoms with Gasteiger partial charge in [-0.1, -0.05) is 44.2 Å². The number of anilines is 1. The van der Waals surface area contributed by atoms with Crippen LogP contribution in [-0.4, -0.2) is 27.9 Å². The highest BCUT2D eigenvalue weighted by molar-refractivity contribution is 7.92. The van der Waals surface area contributed by atoms with Crippen LogP contribution in [0, 0.1) is 5.92 Å². The average Bonchev–Trinajstić information content (AvgIpc) is 3.27. The molecule has 32 heavy (non-hydrogen) atoms. The van der Waals surface area contributed by atoms with Gasteiger partial charge in [0.1, 0.15) is 0 Å². The summed E-state index contributed by atoms with van der Waals surface area (Å²) in [5.41, 5.74) is 3.68. The van der Waals surface area contributed by atoms with E-state index in [0.29, 0.717) is 18.0 Å². The maximum atomic E-state index is 13.2. The first-order chi connectivity index (χ1) is 15.4. The van der Waals surface area contributed by atoms with Crippen LogP contribution in [0.5, 0.6) is 0 Å². The van der Waals surface area contributed by atoms with Crippen molar-refractivity contribution in [2.24, 2.45) is 5.92 Å². The molecule has 0 radical (unpaired) electrons. The van der Waals surface area contributed by atoms with Crippen molar-refractivity contribution < 1.29 is 8.42 Å². The summed E-state index contributed by atoms with van der Waals surface area (Å²) in [7, 11) is -3.88. The summed E-state index contributed by atoms with van der Waals surface area (Å²) in [4.78, 5) is 12.2. The second-order valence-corrected chi connectivity index (χ2v) is 9.69. The number of rotatable bonds is 8. The minimum atomic E-state index is -3.88. The quantitative estimate of drug-likeness (QED) is 0.433. The normalized spacial score (nSPS) is 11.6. The van der Waals surface area contributed by atoms with Crippen molar-refractivity contribution >= 4 is 16.0 Å². The van der Waals surface area contributed by atoms with Gasteiger partial charge in [0.2, 0.25) is 5.95 Å². The van der Waals surface area contributed by atoms with Crippen LogP contribution in [0.15, 0.2) is 84.5 Å². The molecule has 0 amide bonds. The molecule has 2 heterocycles. The Labute approximate surface area is 188 Å². The molecule has 1 N–H and O–H groups in total. The topological polar surface area (TPSA) is 89.8 Å². The van der Waals surface area contributed by atoms with E-state index in [-0.39, 0.29) is 10.8 Å². The molecule has 4 aromatic rings. The summed E-state index contributed by atoms with van der Waals surface area (Å²) < 4.78 is 30.9. The van der Waals surface area contributed by atoms with Gasteiger partial charge in [0.25, 0.3) is 10.0 Å². The fourth-order valence-corrected chi connectivity index (χ4v) is 4.71. The van der Waals surface area contributed by atoms with Crippen molar-refractivity contribution in [3.63, 3.8) is 0 Å². The maximum absolute atomic E-state index is 13.2. The predicted molar refractivity (Wildman–Crippen MR) is 125 cm³/mol. The molecule has 4 rings (SSSR count). The zero-order valence-electron chi connectivity index (χ0n) is 18.0. The number of nitrogens with one attached hydrogen (secondary N) is 1. The van der Waals surface area contributed by atoms with E-state index in [2.05, 4.69) is 33.5 Å². The number of imidazole rings is 1. The van der Waals surface area contributed by atoms with Crippen molar-refractivity contribution in [1.82, 2.24) is 19.5 Å². The Morgan fingerprint density at radius 3 is 2.34 bits per heavy atom. The molecule has 8 heteroatoms. The van der Waals surface area contributed by atoms with Crippen LogP contribution in [0.4, 0.5) is 5.95 Å². The molecule has 164 valence electrons. The Morgan fingerprint density at radius 1 is 0.969 bits per heavy atom. The zero-order chi connectivity index (χ0) is 22.6. The van der Waals surface area contributed by atoms with Gasteiger partial charge in [0.15, 0.2) is 0 Å². The molecule has 0 saturated heterocycles. The Hall–Kier alpha value is -3.52. The molecule has 0 spiro atoms. The van der Waals surface area contributed by atoms with Crippen LogP contribution in [-0.2, 0) is 23.0 Å². The Morgan fingerprint density at radius 2 is 1.69 bits per heavy atom. The van der Waals surface area contributed by atoms with Crippen molar-refractivity contribution in [1.29, 1.82) is 0 Å². The van der Waals surface area contributed by atoms with E-state index in [1.165, 1.54) is 12.4 Å². The van der Waals surface area contributed by atoms with Gasteiger partial charge in [-0.2, -0.15) is 0 Å². The predicted octanol–water partition coefficient (Wildman–Crippen LogP) is 4.39. The van der Waals surface area contributed by atoms with Gasteiger partial charge in [-0.15, -0.1) is 0 Å². The number of hydrogen-bond donors (Lipinski definition) is 1. The first-order valence-electron chi connectivity index (χ1n) is 10.4. The summed E-state index contributed by atoms with van der Waals surface area (Å²) in [6.45, 7) is 4.98. The molecule has 0 atom stereocenters. The molecule has 0 aliphatic carbocycles. The molecule has 7 nitrogen and oxygen atoms in total. The number of hydrogen-bond acceptors (Lipinski definition) is 5. The number of nitrogens with zero attached hydrogens (tertiary/aromatic N) is 4. The van der Waals surface area contributed by atoms with Crippen LogP contribution in [0.25, 0.3) is 11.1 Å². The number of aromatic nitrogens is 4. The van der Waals surface area contributed by atoms with E-state index in [1.54, 1.807) is 24.7 Å². The maximum Gasteiger partial charge on any atom is 0.264 e. The molecule has 0 aliphatic heterocycles. The molecule has 0 aliphatic rings. The lowest BCUT2D eigenvalue weighted by molar-refractivity contribution is 0.601. The standard InChI is InChI=1S/C24H25N5O2S/c1-18(2)14-20-6-9-23(32(30,31)28-24-26-10-3-11-27-24)22(15-20)21-7-4-19(5-8-21)16-29-13-12-25-17-29/h3-13,15,17-18H,14,16H2,1-2H3,(H,26,27,28). The van der Waals surface area contributed by atoms with Crippen LogP contribution in [0.3, 0.4) is 0 Å². The second kappa shape index (κ2) is 9.32. The molecule has 0 fully saturated rings. The van der Waals surface area contributed by atoms with Crippen molar-refractivity contribution in [3.8, 4) is 11.1 Å². The van der Waals surface area contributed by atoms with E-state index in [1.807, 2.05) is 47.2 Å². The number of benzene rings is 2. The Balaban J connectivity index is 1.71. The van der Waals surface area contributed by atoms with Gasteiger partial charge in [-0.25, -0.2) is 28.1 Å². The third kappa shape index (κ3) is 5.20. The minimum Gasteiger partial charge on any atom is -0.333 e. The summed E-state index contributed by atoms with van der Waals surface area (Å²) >= 11 is 0. The minimum absolute atomic E-state index is 0.0420. The summed E-state index contributed by atoms with van der Waals surface area (Å²) in [5.74, 6) is 0.499. The van der Waals surface area contributed by atoms with Crippen LogP contribution in [0.1, 0.15) is 25.0 Å². The second-order valence-electron chi connectivity index (χ2n) is 8.04. The third-order valence-electron chi connectivity index (χ3n) is 4.96. The van der Waals surface area contributed by atoms with E-state index in [0.717, 1.165) is 23.1 Å². The van der Waals surface area contributed by atoms with Gasteiger partial charge >= 0.3 is 0 Å². The van der Waals surface area contributed by atoms with Crippen LogP contribution in [0.2, 0.25) is 0 Å². The average molecular weight is 448 g/mol. The molecule has 2 aromatic heterocycles. The van der Waals surface area contributed by atoms with E-state index < -0.39 is 10.0 Å². The molecule has 0 unspecified atom stereocenters. The van der Waals surface area contributed by atoms with Gasteiger partial charge in [-0.05, 0) is 47.2 Å². The van der Waals surface area contributed by atoms with Gasteiger partial charge in [-0.3, -0.25) is 0 Å². The lowest BCUT2D eigenvalue weighted by atomic mass is 9.97. The first kappa shape index (κ1) is 21.7. The highest BCUT2D eigenvalue weighted by atomic mass is 32.2. The fraction of sp³-hybridized carbons (Fsp3) is 0.208. The smallest absolute Gasteiger partial charge is 0.264 e.